The van der Waals surface area contributed by atoms with Gasteiger partial charge in [0.2, 0.25) is 5.60 Å². The van der Waals surface area contributed by atoms with Gasteiger partial charge in [0.05, 0.1) is 5.70 Å². The van der Waals surface area contributed by atoms with E-state index in [-0.39, 0.29) is 5.56 Å². The highest BCUT2D eigenvalue weighted by atomic mass is 19.4. The molecule has 14 heteroatoms. The average molecular weight is 525 g/mol. The molecular weight excluding hydrogens is 511 g/mol. The van der Waals surface area contributed by atoms with Crippen molar-refractivity contribution in [3.63, 3.8) is 0 Å². The molecule has 0 saturated heterocycles. The van der Waals surface area contributed by atoms with Gasteiger partial charge in [-0.3, -0.25) is 4.98 Å². The lowest BCUT2D eigenvalue weighted by Crippen LogP contribution is -2.46. The van der Waals surface area contributed by atoms with Crippen LogP contribution in [0.25, 0.3) is 16.8 Å². The third kappa shape index (κ3) is 4.87. The van der Waals surface area contributed by atoms with Crippen LogP contribution >= 0.6 is 0 Å². The summed E-state index contributed by atoms with van der Waals surface area (Å²) >= 11 is 0. The van der Waals surface area contributed by atoms with Crippen LogP contribution < -0.4 is 4.74 Å². The fourth-order valence-corrected chi connectivity index (χ4v) is 3.52. The first-order valence-electron chi connectivity index (χ1n) is 10.1. The second kappa shape index (κ2) is 9.28. The van der Waals surface area contributed by atoms with E-state index in [0.717, 1.165) is 36.8 Å². The SMILES string of the molecule is C=C(n1cnnn1)[C@](O)(c1ccc(F)cc1F)C(F)(F)c1ccc(-c2ccc(OC(F)(F)F)cc2)cn1. The average Bonchev–Trinajstić information content (AvgIpc) is 3.37. The Balaban J connectivity index is 1.73. The molecule has 2 aromatic heterocycles. The first kappa shape index (κ1) is 25.8. The molecular formula is C23H14F7N5O2. The molecule has 2 heterocycles. The third-order valence-corrected chi connectivity index (χ3v) is 5.32. The molecule has 192 valence electrons. The topological polar surface area (TPSA) is 86.0 Å². The molecule has 0 aliphatic rings. The summed E-state index contributed by atoms with van der Waals surface area (Å²) in [5, 5.41) is 21.3. The van der Waals surface area contributed by atoms with E-state index in [1.807, 2.05) is 0 Å². The van der Waals surface area contributed by atoms with Crippen LogP contribution in [0.5, 0.6) is 5.75 Å². The van der Waals surface area contributed by atoms with Gasteiger partial charge in [0.25, 0.3) is 0 Å². The van der Waals surface area contributed by atoms with Gasteiger partial charge in [0.1, 0.15) is 29.4 Å². The lowest BCUT2D eigenvalue weighted by Gasteiger charge is -2.37. The molecule has 2 aromatic carbocycles. The maximum absolute atomic E-state index is 15.9. The molecule has 4 aromatic rings. The molecule has 0 fully saturated rings. The standard InChI is InChI=1S/C23H14F7N5O2/c1-13(35-12-32-33-34-35)21(36,18-8-5-16(24)10-19(18)25)22(26,27)20-9-4-15(11-31-20)14-2-6-17(7-3-14)37-23(28,29)30/h2-12,36H,1H2/t21-/m0/s1. The van der Waals surface area contributed by atoms with Gasteiger partial charge in [-0.25, -0.2) is 13.5 Å². The van der Waals surface area contributed by atoms with Crippen molar-refractivity contribution in [3.8, 4) is 16.9 Å². The van der Waals surface area contributed by atoms with E-state index in [9.17, 15) is 27.1 Å². The summed E-state index contributed by atoms with van der Waals surface area (Å²) < 4.78 is 101. The number of pyridine rings is 1. The number of nitrogens with zero attached hydrogens (tertiary/aromatic N) is 5. The number of tetrazole rings is 1. The molecule has 0 saturated carbocycles. The van der Waals surface area contributed by atoms with E-state index in [4.69, 9.17) is 0 Å². The van der Waals surface area contributed by atoms with Gasteiger partial charge < -0.3 is 9.84 Å². The summed E-state index contributed by atoms with van der Waals surface area (Å²) in [5.41, 5.74) is -5.91. The number of alkyl halides is 5. The van der Waals surface area contributed by atoms with Crippen molar-refractivity contribution >= 4 is 5.70 Å². The summed E-state index contributed by atoms with van der Waals surface area (Å²) in [7, 11) is 0. The van der Waals surface area contributed by atoms with Crippen molar-refractivity contribution in [2.45, 2.75) is 17.9 Å². The summed E-state index contributed by atoms with van der Waals surface area (Å²) in [5.74, 6) is -7.43. The molecule has 0 aliphatic carbocycles. The van der Waals surface area contributed by atoms with E-state index in [1.165, 1.54) is 12.1 Å². The van der Waals surface area contributed by atoms with Gasteiger partial charge in [0.15, 0.2) is 0 Å². The predicted octanol–water partition coefficient (Wildman–Crippen LogP) is 5.06. The first-order valence-corrected chi connectivity index (χ1v) is 10.1. The Morgan fingerprint density at radius 2 is 1.59 bits per heavy atom. The molecule has 7 nitrogen and oxygen atoms in total. The second-order valence-corrected chi connectivity index (χ2v) is 7.61. The van der Waals surface area contributed by atoms with Crippen molar-refractivity contribution < 1.29 is 40.6 Å². The minimum absolute atomic E-state index is 0.230. The lowest BCUT2D eigenvalue weighted by molar-refractivity contribution is -0.274. The zero-order valence-electron chi connectivity index (χ0n) is 18.3. The maximum atomic E-state index is 15.9. The minimum Gasteiger partial charge on any atom is -0.406 e. The van der Waals surface area contributed by atoms with Crippen LogP contribution in [-0.4, -0.2) is 36.7 Å². The van der Waals surface area contributed by atoms with Crippen LogP contribution in [0.4, 0.5) is 30.7 Å². The predicted molar refractivity (Wildman–Crippen MR) is 114 cm³/mol. The van der Waals surface area contributed by atoms with Gasteiger partial charge in [-0.1, -0.05) is 24.8 Å². The van der Waals surface area contributed by atoms with E-state index < -0.39 is 52.2 Å². The highest BCUT2D eigenvalue weighted by Gasteiger charge is 2.60. The number of hydrogen-bond donors (Lipinski definition) is 1. The molecule has 1 atom stereocenters. The van der Waals surface area contributed by atoms with Crippen LogP contribution in [0.2, 0.25) is 0 Å². The number of aromatic nitrogens is 5. The highest BCUT2D eigenvalue weighted by Crippen LogP contribution is 2.50. The van der Waals surface area contributed by atoms with Gasteiger partial charge in [-0.05, 0) is 46.3 Å². The van der Waals surface area contributed by atoms with E-state index in [2.05, 4.69) is 31.8 Å². The Hall–Kier alpha value is -4.33. The number of aliphatic hydroxyl groups is 1. The Morgan fingerprint density at radius 1 is 0.919 bits per heavy atom. The van der Waals surface area contributed by atoms with Crippen molar-refractivity contribution in [2.75, 3.05) is 0 Å². The number of ether oxygens (including phenoxy) is 1. The number of benzene rings is 2. The fraction of sp³-hybridized carbons (Fsp3) is 0.130. The third-order valence-electron chi connectivity index (χ3n) is 5.32. The van der Waals surface area contributed by atoms with Crippen molar-refractivity contribution in [1.29, 1.82) is 0 Å². The molecule has 37 heavy (non-hydrogen) atoms. The Morgan fingerprint density at radius 3 is 2.14 bits per heavy atom. The van der Waals surface area contributed by atoms with Crippen LogP contribution in [0, 0.1) is 11.6 Å². The normalized spacial score (nSPS) is 13.7. The Labute approximate surface area is 203 Å². The zero-order valence-corrected chi connectivity index (χ0v) is 18.3. The van der Waals surface area contributed by atoms with E-state index in [0.29, 0.717) is 28.4 Å². The van der Waals surface area contributed by atoms with E-state index >= 15 is 8.78 Å². The second-order valence-electron chi connectivity index (χ2n) is 7.61. The number of halogens is 7. The minimum atomic E-state index is -4.89. The number of rotatable bonds is 7. The van der Waals surface area contributed by atoms with Crippen molar-refractivity contribution in [1.82, 2.24) is 25.2 Å². The molecule has 0 aliphatic heterocycles. The van der Waals surface area contributed by atoms with Crippen LogP contribution in [0.3, 0.4) is 0 Å². The van der Waals surface area contributed by atoms with Crippen molar-refractivity contribution in [3.05, 3.63) is 96.6 Å². The summed E-state index contributed by atoms with van der Waals surface area (Å²) in [4.78, 5) is 3.69. The lowest BCUT2D eigenvalue weighted by atomic mass is 9.82. The largest absolute Gasteiger partial charge is 0.573 e. The Bertz CT molecular complexity index is 1410. The van der Waals surface area contributed by atoms with Crippen molar-refractivity contribution in [2.24, 2.45) is 0 Å². The smallest absolute Gasteiger partial charge is 0.406 e. The molecule has 0 bridgehead atoms. The van der Waals surface area contributed by atoms with Gasteiger partial charge in [-0.15, -0.1) is 18.3 Å². The van der Waals surface area contributed by atoms with E-state index in [1.54, 1.807) is 0 Å². The molecule has 1 N–H and O–H groups in total. The fourth-order valence-electron chi connectivity index (χ4n) is 3.52. The zero-order chi connectivity index (χ0) is 27.0. The van der Waals surface area contributed by atoms with Crippen LogP contribution in [0.1, 0.15) is 11.3 Å². The number of hydrogen-bond acceptors (Lipinski definition) is 6. The maximum Gasteiger partial charge on any atom is 0.573 e. The summed E-state index contributed by atoms with van der Waals surface area (Å²) in [6.45, 7) is 3.41. The Kier molecular flexibility index (Phi) is 6.46. The summed E-state index contributed by atoms with van der Waals surface area (Å²) in [6.07, 6.45) is -3.07. The highest BCUT2D eigenvalue weighted by molar-refractivity contribution is 5.64. The first-order chi connectivity index (χ1) is 17.3. The van der Waals surface area contributed by atoms with Gasteiger partial charge >= 0.3 is 12.3 Å². The molecule has 4 rings (SSSR count). The molecule has 0 amide bonds. The van der Waals surface area contributed by atoms with Gasteiger partial charge in [-0.2, -0.15) is 8.78 Å². The monoisotopic (exact) mass is 525 g/mol. The molecule has 0 spiro atoms. The molecule has 0 radical (unpaired) electrons. The van der Waals surface area contributed by atoms with Crippen LogP contribution in [0.15, 0.2) is 73.7 Å². The summed E-state index contributed by atoms with van der Waals surface area (Å²) in [6, 6.07) is 8.16. The van der Waals surface area contributed by atoms with Gasteiger partial charge in [0, 0.05) is 23.4 Å². The quantitative estimate of drug-likeness (QED) is 0.340. The van der Waals surface area contributed by atoms with Crippen LogP contribution in [-0.2, 0) is 11.5 Å². The molecule has 0 unspecified atom stereocenters.